The quantitative estimate of drug-likeness (QED) is 0.829. The summed E-state index contributed by atoms with van der Waals surface area (Å²) in [6.07, 6.45) is 0. The third-order valence-corrected chi connectivity index (χ3v) is 2.83. The van der Waals surface area contributed by atoms with Crippen LogP contribution in [0.5, 0.6) is 0 Å². The Morgan fingerprint density at radius 3 is 2.50 bits per heavy atom. The monoisotopic (exact) mass is 257 g/mol. The van der Waals surface area contributed by atoms with Crippen LogP contribution in [0.2, 0.25) is 5.02 Å². The topological polar surface area (TPSA) is 61.8 Å². The smallest absolute Gasteiger partial charge is 0.101 e. The van der Waals surface area contributed by atoms with Gasteiger partial charge in [0, 0.05) is 17.3 Å². The first-order chi connectivity index (χ1) is 8.69. The Balaban J connectivity index is 2.04. The highest BCUT2D eigenvalue weighted by Crippen LogP contribution is 2.18. The van der Waals surface area contributed by atoms with E-state index in [1.165, 1.54) is 0 Å². The van der Waals surface area contributed by atoms with Crippen molar-refractivity contribution in [1.82, 2.24) is 0 Å². The van der Waals surface area contributed by atoms with Gasteiger partial charge in [0.1, 0.15) is 6.07 Å². The van der Waals surface area contributed by atoms with E-state index in [0.717, 1.165) is 16.3 Å². The number of nitrogens with two attached hydrogens (primary N) is 1. The lowest BCUT2D eigenvalue weighted by atomic mass is 10.1. The fraction of sp³-hybridized carbons (Fsp3) is 0.0714. The van der Waals surface area contributed by atoms with Crippen molar-refractivity contribution in [2.75, 3.05) is 11.1 Å². The molecule has 0 spiro atoms. The average Bonchev–Trinajstić information content (AvgIpc) is 2.38. The molecule has 18 heavy (non-hydrogen) atoms. The Morgan fingerprint density at radius 1 is 1.17 bits per heavy atom. The van der Waals surface area contributed by atoms with Crippen molar-refractivity contribution in [1.29, 1.82) is 5.26 Å². The number of hydrogen-bond acceptors (Lipinski definition) is 3. The molecule has 4 heteroatoms. The van der Waals surface area contributed by atoms with Crippen molar-refractivity contribution < 1.29 is 0 Å². The number of rotatable bonds is 3. The number of hydrogen-bond donors (Lipinski definition) is 2. The standard InChI is InChI=1S/C14H12ClN3/c15-12-4-1-10(2-5-12)9-18-13-6-3-11(8-16)14(17)7-13/h1-7,18H,9,17H2. The van der Waals surface area contributed by atoms with E-state index < -0.39 is 0 Å². The van der Waals surface area contributed by atoms with Gasteiger partial charge >= 0.3 is 0 Å². The van der Waals surface area contributed by atoms with E-state index in [9.17, 15) is 0 Å². The summed E-state index contributed by atoms with van der Waals surface area (Å²) in [5.74, 6) is 0. The normalized spacial score (nSPS) is 9.78. The molecule has 0 bridgehead atoms. The van der Waals surface area contributed by atoms with Crippen molar-refractivity contribution >= 4 is 23.0 Å². The molecule has 2 aromatic rings. The van der Waals surface area contributed by atoms with Gasteiger partial charge in [0.05, 0.1) is 11.3 Å². The van der Waals surface area contributed by atoms with Crippen LogP contribution in [0.3, 0.4) is 0 Å². The lowest BCUT2D eigenvalue weighted by Crippen LogP contribution is -2.00. The molecular formula is C14H12ClN3. The van der Waals surface area contributed by atoms with Crippen molar-refractivity contribution in [3.05, 3.63) is 58.6 Å². The Hall–Kier alpha value is -2.18. The molecule has 0 aromatic heterocycles. The molecule has 0 atom stereocenters. The number of nitrogens with zero attached hydrogens (tertiary/aromatic N) is 1. The van der Waals surface area contributed by atoms with Crippen molar-refractivity contribution in [2.45, 2.75) is 6.54 Å². The highest BCUT2D eigenvalue weighted by atomic mass is 35.5. The molecule has 0 radical (unpaired) electrons. The number of nitriles is 1. The summed E-state index contributed by atoms with van der Waals surface area (Å²) in [6.45, 7) is 0.683. The maximum Gasteiger partial charge on any atom is 0.101 e. The van der Waals surface area contributed by atoms with Crippen molar-refractivity contribution in [3.8, 4) is 6.07 Å². The maximum atomic E-state index is 8.78. The summed E-state index contributed by atoms with van der Waals surface area (Å²) < 4.78 is 0. The van der Waals surface area contributed by atoms with Gasteiger partial charge in [0.25, 0.3) is 0 Å². The number of nitrogens with one attached hydrogen (secondary N) is 1. The van der Waals surface area contributed by atoms with Crippen LogP contribution in [-0.4, -0.2) is 0 Å². The molecule has 0 saturated heterocycles. The van der Waals surface area contributed by atoms with Gasteiger partial charge in [-0.25, -0.2) is 0 Å². The van der Waals surface area contributed by atoms with E-state index in [1.54, 1.807) is 12.1 Å². The summed E-state index contributed by atoms with van der Waals surface area (Å²) in [5.41, 5.74) is 8.74. The van der Waals surface area contributed by atoms with E-state index in [1.807, 2.05) is 36.4 Å². The van der Waals surface area contributed by atoms with Crippen molar-refractivity contribution in [3.63, 3.8) is 0 Å². The van der Waals surface area contributed by atoms with Gasteiger partial charge in [-0.15, -0.1) is 0 Å². The molecule has 3 N–H and O–H groups in total. The second kappa shape index (κ2) is 5.44. The summed E-state index contributed by atoms with van der Waals surface area (Å²) >= 11 is 5.82. The highest BCUT2D eigenvalue weighted by molar-refractivity contribution is 6.30. The maximum absolute atomic E-state index is 8.78. The lowest BCUT2D eigenvalue weighted by Gasteiger charge is -2.08. The molecule has 0 aliphatic rings. The predicted octanol–water partition coefficient (Wildman–Crippen LogP) is 3.41. The molecule has 0 aliphatic carbocycles. The minimum absolute atomic E-state index is 0.485. The van der Waals surface area contributed by atoms with Crippen LogP contribution in [0.4, 0.5) is 11.4 Å². The van der Waals surface area contributed by atoms with Crippen LogP contribution in [0.25, 0.3) is 0 Å². The SMILES string of the molecule is N#Cc1ccc(NCc2ccc(Cl)cc2)cc1N. The first-order valence-corrected chi connectivity index (χ1v) is 5.85. The predicted molar refractivity (Wildman–Crippen MR) is 74.3 cm³/mol. The molecule has 0 fully saturated rings. The van der Waals surface area contributed by atoms with E-state index in [-0.39, 0.29) is 0 Å². The third-order valence-electron chi connectivity index (χ3n) is 2.58. The molecule has 0 saturated carbocycles. The van der Waals surface area contributed by atoms with E-state index in [2.05, 4.69) is 5.32 Å². The van der Waals surface area contributed by atoms with Gasteiger partial charge in [0.15, 0.2) is 0 Å². The zero-order valence-corrected chi connectivity index (χ0v) is 10.4. The van der Waals surface area contributed by atoms with Crippen LogP contribution >= 0.6 is 11.6 Å². The first-order valence-electron chi connectivity index (χ1n) is 5.47. The molecule has 2 rings (SSSR count). The van der Waals surface area contributed by atoms with E-state index in [0.29, 0.717) is 17.8 Å². The average molecular weight is 258 g/mol. The molecule has 0 heterocycles. The fourth-order valence-corrected chi connectivity index (χ4v) is 1.71. The van der Waals surface area contributed by atoms with Crippen LogP contribution in [0, 0.1) is 11.3 Å². The van der Waals surface area contributed by atoms with Gasteiger partial charge in [-0.1, -0.05) is 23.7 Å². The van der Waals surface area contributed by atoms with Crippen LogP contribution in [-0.2, 0) is 6.54 Å². The number of nitrogen functional groups attached to an aromatic ring is 1. The van der Waals surface area contributed by atoms with E-state index >= 15 is 0 Å². The largest absolute Gasteiger partial charge is 0.398 e. The Bertz CT molecular complexity index is 585. The van der Waals surface area contributed by atoms with Gasteiger partial charge in [-0.3, -0.25) is 0 Å². The number of benzene rings is 2. The van der Waals surface area contributed by atoms with Gasteiger partial charge in [-0.2, -0.15) is 5.26 Å². The summed E-state index contributed by atoms with van der Waals surface area (Å²) in [5, 5.41) is 12.7. The number of halogens is 1. The first kappa shape index (κ1) is 12.3. The zero-order valence-electron chi connectivity index (χ0n) is 9.65. The van der Waals surface area contributed by atoms with Gasteiger partial charge in [-0.05, 0) is 35.9 Å². The Kier molecular flexibility index (Phi) is 3.71. The van der Waals surface area contributed by atoms with Gasteiger partial charge in [0.2, 0.25) is 0 Å². The zero-order chi connectivity index (χ0) is 13.0. The molecule has 0 unspecified atom stereocenters. The third kappa shape index (κ3) is 2.93. The highest BCUT2D eigenvalue weighted by Gasteiger charge is 2.00. The second-order valence-corrected chi connectivity index (χ2v) is 4.33. The summed E-state index contributed by atoms with van der Waals surface area (Å²) in [4.78, 5) is 0. The minimum Gasteiger partial charge on any atom is -0.398 e. The second-order valence-electron chi connectivity index (χ2n) is 3.89. The molecule has 2 aromatic carbocycles. The van der Waals surface area contributed by atoms with Crippen LogP contribution < -0.4 is 11.1 Å². The molecule has 90 valence electrons. The number of anilines is 2. The molecular weight excluding hydrogens is 246 g/mol. The summed E-state index contributed by atoms with van der Waals surface area (Å²) in [6, 6.07) is 15.0. The molecule has 0 amide bonds. The fourth-order valence-electron chi connectivity index (χ4n) is 1.58. The van der Waals surface area contributed by atoms with Crippen molar-refractivity contribution in [2.24, 2.45) is 0 Å². The van der Waals surface area contributed by atoms with Crippen LogP contribution in [0.1, 0.15) is 11.1 Å². The Labute approximate surface area is 111 Å². The molecule has 3 nitrogen and oxygen atoms in total. The minimum atomic E-state index is 0.485. The van der Waals surface area contributed by atoms with Crippen LogP contribution in [0.15, 0.2) is 42.5 Å². The molecule has 0 aliphatic heterocycles. The summed E-state index contributed by atoms with van der Waals surface area (Å²) in [7, 11) is 0. The van der Waals surface area contributed by atoms with E-state index in [4.69, 9.17) is 22.6 Å². The van der Waals surface area contributed by atoms with Gasteiger partial charge < -0.3 is 11.1 Å². The Morgan fingerprint density at radius 2 is 1.89 bits per heavy atom. The lowest BCUT2D eigenvalue weighted by molar-refractivity contribution is 1.15.